The predicted molar refractivity (Wildman–Crippen MR) is 57.5 cm³/mol. The van der Waals surface area contributed by atoms with Crippen LogP contribution in [-0.4, -0.2) is 10.9 Å². The molecule has 0 aliphatic carbocycles. The molecule has 0 N–H and O–H groups in total. The largest absolute Gasteiger partial charge is 0.194 e. The van der Waals surface area contributed by atoms with Gasteiger partial charge in [-0.15, -0.1) is 11.8 Å². The van der Waals surface area contributed by atoms with Gasteiger partial charge in [-0.05, 0) is 30.1 Å². The average molecular weight is 195 g/mol. The summed E-state index contributed by atoms with van der Waals surface area (Å²) < 4.78 is 0. The lowest BCUT2D eigenvalue weighted by atomic mass is 10.3. The van der Waals surface area contributed by atoms with Gasteiger partial charge in [-0.2, -0.15) is 4.99 Å². The molecule has 3 heteroatoms. The van der Waals surface area contributed by atoms with E-state index >= 15 is 0 Å². The van der Waals surface area contributed by atoms with Crippen LogP contribution in [0.5, 0.6) is 0 Å². The molecule has 0 aromatic heterocycles. The van der Waals surface area contributed by atoms with Gasteiger partial charge < -0.3 is 0 Å². The van der Waals surface area contributed by atoms with Crippen LogP contribution in [0.25, 0.3) is 0 Å². The SMILES string of the molecule is CCSc1ccccc1N=C=S. The normalized spacial score (nSPS) is 9.08. The van der Waals surface area contributed by atoms with Crippen LogP contribution >= 0.6 is 24.0 Å². The quantitative estimate of drug-likeness (QED) is 0.415. The highest BCUT2D eigenvalue weighted by atomic mass is 32.2. The lowest BCUT2D eigenvalue weighted by Crippen LogP contribution is -1.73. The van der Waals surface area contributed by atoms with Gasteiger partial charge in [0.2, 0.25) is 0 Å². The molecule has 1 rings (SSSR count). The lowest BCUT2D eigenvalue weighted by molar-refractivity contribution is 1.37. The van der Waals surface area contributed by atoms with Crippen LogP contribution in [-0.2, 0) is 0 Å². The number of hydrogen-bond acceptors (Lipinski definition) is 3. The van der Waals surface area contributed by atoms with Crippen molar-refractivity contribution in [2.75, 3.05) is 5.75 Å². The fourth-order valence-corrected chi connectivity index (χ4v) is 1.72. The molecule has 0 amide bonds. The highest BCUT2D eigenvalue weighted by molar-refractivity contribution is 7.99. The fraction of sp³-hybridized carbons (Fsp3) is 0.222. The van der Waals surface area contributed by atoms with Crippen LogP contribution in [0.1, 0.15) is 6.92 Å². The Hall–Kier alpha value is -0.630. The second kappa shape index (κ2) is 5.09. The van der Waals surface area contributed by atoms with Gasteiger partial charge in [-0.3, -0.25) is 0 Å². The van der Waals surface area contributed by atoms with Crippen LogP contribution in [0.2, 0.25) is 0 Å². The molecule has 1 aromatic carbocycles. The number of aliphatic imine (C=N–C) groups is 1. The maximum absolute atomic E-state index is 4.55. The van der Waals surface area contributed by atoms with Crippen molar-refractivity contribution in [3.05, 3.63) is 24.3 Å². The molecule has 0 aliphatic heterocycles. The van der Waals surface area contributed by atoms with Gasteiger partial charge in [-0.1, -0.05) is 19.1 Å². The number of benzene rings is 1. The van der Waals surface area contributed by atoms with Gasteiger partial charge in [0.15, 0.2) is 0 Å². The number of isothiocyanates is 1. The number of rotatable bonds is 3. The summed E-state index contributed by atoms with van der Waals surface area (Å²) in [5.41, 5.74) is 0.916. The first-order valence-electron chi connectivity index (χ1n) is 3.68. The Kier molecular flexibility index (Phi) is 4.01. The highest BCUT2D eigenvalue weighted by Gasteiger charge is 1.97. The maximum Gasteiger partial charge on any atom is 0.0875 e. The maximum atomic E-state index is 4.55. The van der Waals surface area contributed by atoms with Crippen LogP contribution in [0, 0.1) is 0 Å². The predicted octanol–water partition coefficient (Wildman–Crippen LogP) is 3.53. The standard InChI is InChI=1S/C9H9NS2/c1-2-12-9-6-4-3-5-8(9)10-7-11/h3-6H,2H2,1H3. The van der Waals surface area contributed by atoms with E-state index in [9.17, 15) is 0 Å². The van der Waals surface area contributed by atoms with Crippen molar-refractivity contribution in [1.82, 2.24) is 0 Å². The van der Waals surface area contributed by atoms with Crippen LogP contribution in [0.4, 0.5) is 5.69 Å². The number of hydrogen-bond donors (Lipinski definition) is 0. The molecule has 0 spiro atoms. The lowest BCUT2D eigenvalue weighted by Gasteiger charge is -2.00. The minimum atomic E-state index is 0.916. The third-order valence-corrected chi connectivity index (χ3v) is 2.37. The molecule has 1 nitrogen and oxygen atoms in total. The number of nitrogens with zero attached hydrogens (tertiary/aromatic N) is 1. The summed E-state index contributed by atoms with van der Waals surface area (Å²) in [6.45, 7) is 2.11. The molecule has 1 aromatic rings. The van der Waals surface area contributed by atoms with Crippen molar-refractivity contribution in [3.8, 4) is 0 Å². The summed E-state index contributed by atoms with van der Waals surface area (Å²) in [4.78, 5) is 5.13. The third kappa shape index (κ3) is 2.45. The first-order chi connectivity index (χ1) is 5.88. The second-order valence-corrected chi connectivity index (χ2v) is 3.59. The minimum Gasteiger partial charge on any atom is -0.194 e. The zero-order valence-electron chi connectivity index (χ0n) is 6.78. The first-order valence-corrected chi connectivity index (χ1v) is 5.07. The topological polar surface area (TPSA) is 12.4 Å². The molecule has 0 saturated heterocycles. The molecule has 0 aliphatic rings. The van der Waals surface area contributed by atoms with Gasteiger partial charge in [0.1, 0.15) is 0 Å². The molecule has 0 radical (unpaired) electrons. The van der Waals surface area contributed by atoms with Crippen molar-refractivity contribution in [1.29, 1.82) is 0 Å². The zero-order valence-corrected chi connectivity index (χ0v) is 8.41. The second-order valence-electron chi connectivity index (χ2n) is 2.10. The van der Waals surface area contributed by atoms with Crippen LogP contribution in [0.3, 0.4) is 0 Å². The molecular formula is C9H9NS2. The number of thiocarbonyl (C=S) groups is 1. The average Bonchev–Trinajstić information content (AvgIpc) is 2.09. The van der Waals surface area contributed by atoms with Gasteiger partial charge in [0.25, 0.3) is 0 Å². The van der Waals surface area contributed by atoms with E-state index in [1.807, 2.05) is 24.3 Å². The summed E-state index contributed by atoms with van der Waals surface area (Å²) in [6, 6.07) is 7.93. The Morgan fingerprint density at radius 3 is 2.92 bits per heavy atom. The van der Waals surface area contributed by atoms with Crippen molar-refractivity contribution < 1.29 is 0 Å². The van der Waals surface area contributed by atoms with Gasteiger partial charge in [0, 0.05) is 4.90 Å². The molecule has 0 heterocycles. The summed E-state index contributed by atoms with van der Waals surface area (Å²) in [5, 5.41) is 2.38. The third-order valence-electron chi connectivity index (χ3n) is 1.33. The fourth-order valence-electron chi connectivity index (χ4n) is 0.876. The van der Waals surface area contributed by atoms with E-state index in [-0.39, 0.29) is 0 Å². The Bertz CT molecular complexity index is 303. The number of para-hydroxylation sites is 1. The van der Waals surface area contributed by atoms with E-state index in [2.05, 4.69) is 29.3 Å². The Labute approximate surface area is 81.9 Å². The number of thioether (sulfide) groups is 1. The van der Waals surface area contributed by atoms with E-state index in [0.29, 0.717) is 0 Å². The van der Waals surface area contributed by atoms with E-state index < -0.39 is 0 Å². The summed E-state index contributed by atoms with van der Waals surface area (Å²) in [5.74, 6) is 1.05. The molecule has 0 bridgehead atoms. The minimum absolute atomic E-state index is 0.916. The van der Waals surface area contributed by atoms with Crippen LogP contribution in [0.15, 0.2) is 34.2 Å². The van der Waals surface area contributed by atoms with Crippen molar-refractivity contribution in [2.24, 2.45) is 4.99 Å². The Morgan fingerprint density at radius 1 is 1.50 bits per heavy atom. The van der Waals surface area contributed by atoms with E-state index in [0.717, 1.165) is 16.3 Å². The zero-order chi connectivity index (χ0) is 8.81. The van der Waals surface area contributed by atoms with Crippen LogP contribution < -0.4 is 0 Å². The summed E-state index contributed by atoms with van der Waals surface area (Å²) in [6.07, 6.45) is 0. The molecule has 62 valence electrons. The molecule has 0 fully saturated rings. The Balaban J connectivity index is 2.99. The Morgan fingerprint density at radius 2 is 2.25 bits per heavy atom. The molecule has 0 unspecified atom stereocenters. The van der Waals surface area contributed by atoms with E-state index in [1.165, 1.54) is 0 Å². The molecule has 12 heavy (non-hydrogen) atoms. The van der Waals surface area contributed by atoms with Crippen molar-refractivity contribution in [3.63, 3.8) is 0 Å². The van der Waals surface area contributed by atoms with E-state index in [4.69, 9.17) is 0 Å². The highest BCUT2D eigenvalue weighted by Crippen LogP contribution is 2.28. The van der Waals surface area contributed by atoms with Gasteiger partial charge >= 0.3 is 0 Å². The summed E-state index contributed by atoms with van der Waals surface area (Å²) >= 11 is 6.31. The summed E-state index contributed by atoms with van der Waals surface area (Å²) in [7, 11) is 0. The smallest absolute Gasteiger partial charge is 0.0875 e. The van der Waals surface area contributed by atoms with Gasteiger partial charge in [0.05, 0.1) is 10.8 Å². The monoisotopic (exact) mass is 195 g/mol. The van der Waals surface area contributed by atoms with E-state index in [1.54, 1.807) is 11.8 Å². The van der Waals surface area contributed by atoms with Crippen molar-refractivity contribution >= 4 is 34.8 Å². The molecular weight excluding hydrogens is 186 g/mol. The first kappa shape index (κ1) is 9.46. The molecule has 0 saturated carbocycles. The van der Waals surface area contributed by atoms with Crippen molar-refractivity contribution in [2.45, 2.75) is 11.8 Å². The van der Waals surface area contributed by atoms with Gasteiger partial charge in [-0.25, -0.2) is 0 Å². The molecule has 0 atom stereocenters.